The van der Waals surface area contributed by atoms with E-state index in [0.29, 0.717) is 26.8 Å². The second-order valence-electron chi connectivity index (χ2n) is 6.79. The van der Waals surface area contributed by atoms with E-state index < -0.39 is 6.04 Å². The monoisotopic (exact) mass is 457 g/mol. The maximum Gasteiger partial charge on any atom is 0.262 e. The SMILES string of the molecule is COCc1nc(OC)c2c(C)c(C(=O)NC(c3ccc(F)cc3)c3cccs3)sc2n1. The molecule has 0 aliphatic heterocycles. The number of benzene rings is 1. The van der Waals surface area contributed by atoms with Crippen LogP contribution >= 0.6 is 22.7 Å². The van der Waals surface area contributed by atoms with Crippen molar-refractivity contribution in [3.8, 4) is 5.88 Å². The summed E-state index contributed by atoms with van der Waals surface area (Å²) >= 11 is 2.81. The molecule has 1 aromatic carbocycles. The number of thiophene rings is 2. The zero-order chi connectivity index (χ0) is 22.0. The fourth-order valence-electron chi connectivity index (χ4n) is 3.33. The number of ether oxygens (including phenoxy) is 2. The van der Waals surface area contributed by atoms with Gasteiger partial charge in [0.2, 0.25) is 5.88 Å². The van der Waals surface area contributed by atoms with Gasteiger partial charge in [-0.25, -0.2) is 9.37 Å². The minimum absolute atomic E-state index is 0.237. The van der Waals surface area contributed by atoms with Gasteiger partial charge in [0.05, 0.1) is 23.4 Å². The van der Waals surface area contributed by atoms with Gasteiger partial charge in [0.1, 0.15) is 17.3 Å². The summed E-state index contributed by atoms with van der Waals surface area (Å²) in [4.78, 5) is 24.4. The first-order valence-corrected chi connectivity index (χ1v) is 11.1. The van der Waals surface area contributed by atoms with Gasteiger partial charge in [-0.15, -0.1) is 22.7 Å². The van der Waals surface area contributed by atoms with E-state index in [1.807, 2.05) is 24.4 Å². The lowest BCUT2D eigenvalue weighted by Crippen LogP contribution is -2.28. The molecule has 0 aliphatic rings. The Balaban J connectivity index is 1.72. The molecular weight excluding hydrogens is 437 g/mol. The van der Waals surface area contributed by atoms with Crippen LogP contribution in [0.4, 0.5) is 4.39 Å². The van der Waals surface area contributed by atoms with Crippen LogP contribution in [0.3, 0.4) is 0 Å². The molecule has 0 radical (unpaired) electrons. The molecular formula is C22H20FN3O3S2. The number of nitrogens with one attached hydrogen (secondary N) is 1. The van der Waals surface area contributed by atoms with Crippen LogP contribution in [0.15, 0.2) is 41.8 Å². The highest BCUT2D eigenvalue weighted by Crippen LogP contribution is 2.36. The molecule has 1 unspecified atom stereocenters. The smallest absolute Gasteiger partial charge is 0.262 e. The van der Waals surface area contributed by atoms with Gasteiger partial charge in [0, 0.05) is 12.0 Å². The quantitative estimate of drug-likeness (QED) is 0.428. The van der Waals surface area contributed by atoms with Crippen molar-refractivity contribution in [3.63, 3.8) is 0 Å². The topological polar surface area (TPSA) is 73.3 Å². The van der Waals surface area contributed by atoms with Crippen molar-refractivity contribution < 1.29 is 18.7 Å². The summed E-state index contributed by atoms with van der Waals surface area (Å²) in [5.74, 6) is 0.345. The van der Waals surface area contributed by atoms with Gasteiger partial charge in [0.15, 0.2) is 5.82 Å². The molecule has 4 aromatic rings. The Morgan fingerprint density at radius 2 is 1.97 bits per heavy atom. The summed E-state index contributed by atoms with van der Waals surface area (Å²) in [5.41, 5.74) is 1.55. The molecule has 0 fully saturated rings. The second-order valence-corrected chi connectivity index (χ2v) is 8.77. The third-order valence-electron chi connectivity index (χ3n) is 4.78. The van der Waals surface area contributed by atoms with Gasteiger partial charge < -0.3 is 14.8 Å². The van der Waals surface area contributed by atoms with Crippen molar-refractivity contribution in [3.05, 3.63) is 74.3 Å². The normalized spacial score (nSPS) is 12.1. The number of halogens is 1. The minimum atomic E-state index is -0.394. The van der Waals surface area contributed by atoms with Crippen LogP contribution in [0.25, 0.3) is 10.2 Å². The highest BCUT2D eigenvalue weighted by molar-refractivity contribution is 7.20. The summed E-state index contributed by atoms with van der Waals surface area (Å²) in [6, 6.07) is 9.63. The van der Waals surface area contributed by atoms with Crippen LogP contribution < -0.4 is 10.1 Å². The van der Waals surface area contributed by atoms with Crippen molar-refractivity contribution >= 4 is 38.8 Å². The zero-order valence-electron chi connectivity index (χ0n) is 17.1. The van der Waals surface area contributed by atoms with E-state index in [1.54, 1.807) is 19.2 Å². The Kier molecular flexibility index (Phi) is 6.26. The number of rotatable bonds is 7. The first kappa shape index (κ1) is 21.4. The summed E-state index contributed by atoms with van der Waals surface area (Å²) in [6.45, 7) is 2.10. The average molecular weight is 458 g/mol. The minimum Gasteiger partial charge on any atom is -0.480 e. The van der Waals surface area contributed by atoms with E-state index in [1.165, 1.54) is 41.9 Å². The summed E-state index contributed by atoms with van der Waals surface area (Å²) < 4.78 is 24.0. The molecule has 0 saturated heterocycles. The van der Waals surface area contributed by atoms with E-state index in [4.69, 9.17) is 9.47 Å². The third kappa shape index (κ3) is 4.30. The molecule has 0 saturated carbocycles. The van der Waals surface area contributed by atoms with Gasteiger partial charge in [-0.3, -0.25) is 4.79 Å². The van der Waals surface area contributed by atoms with Crippen molar-refractivity contribution in [2.75, 3.05) is 14.2 Å². The number of methoxy groups -OCH3 is 2. The summed E-state index contributed by atoms with van der Waals surface area (Å²) in [5, 5.41) is 5.76. The first-order valence-electron chi connectivity index (χ1n) is 9.44. The average Bonchev–Trinajstić information content (AvgIpc) is 3.41. The molecule has 0 spiro atoms. The first-order chi connectivity index (χ1) is 15.0. The van der Waals surface area contributed by atoms with Crippen LogP contribution in [-0.4, -0.2) is 30.1 Å². The van der Waals surface area contributed by atoms with Crippen LogP contribution in [0.5, 0.6) is 5.88 Å². The number of hydrogen-bond acceptors (Lipinski definition) is 7. The lowest BCUT2D eigenvalue weighted by Gasteiger charge is -2.18. The second kappa shape index (κ2) is 9.09. The van der Waals surface area contributed by atoms with Crippen LogP contribution in [0.1, 0.15) is 37.5 Å². The Bertz CT molecular complexity index is 1210. The maximum absolute atomic E-state index is 13.4. The van der Waals surface area contributed by atoms with E-state index >= 15 is 0 Å². The zero-order valence-corrected chi connectivity index (χ0v) is 18.8. The lowest BCUT2D eigenvalue weighted by atomic mass is 10.0. The van der Waals surface area contributed by atoms with E-state index in [2.05, 4.69) is 15.3 Å². The highest BCUT2D eigenvalue weighted by atomic mass is 32.1. The van der Waals surface area contributed by atoms with Gasteiger partial charge in [-0.1, -0.05) is 18.2 Å². The third-order valence-corrected chi connectivity index (χ3v) is 6.90. The molecule has 3 heterocycles. The Morgan fingerprint density at radius 1 is 1.19 bits per heavy atom. The number of carbonyl (C=O) groups is 1. The highest BCUT2D eigenvalue weighted by Gasteiger charge is 2.24. The standard InChI is InChI=1S/C22H20FN3O3S2/c1-12-17-21(29-3)24-16(11-28-2)25-22(17)31-19(12)20(27)26-18(15-5-4-10-30-15)13-6-8-14(23)9-7-13/h4-10,18H,11H2,1-3H3,(H,26,27). The van der Waals surface area contributed by atoms with Gasteiger partial charge in [0.25, 0.3) is 5.91 Å². The maximum atomic E-state index is 13.4. The molecule has 6 nitrogen and oxygen atoms in total. The fourth-order valence-corrected chi connectivity index (χ4v) is 5.22. The van der Waals surface area contributed by atoms with Crippen LogP contribution in [0, 0.1) is 12.7 Å². The number of nitrogens with zero attached hydrogens (tertiary/aromatic N) is 2. The van der Waals surface area contributed by atoms with E-state index in [9.17, 15) is 9.18 Å². The Morgan fingerprint density at radius 3 is 2.61 bits per heavy atom. The molecule has 3 aromatic heterocycles. The molecule has 1 atom stereocenters. The van der Waals surface area contributed by atoms with Crippen molar-refractivity contribution in [1.29, 1.82) is 0 Å². The molecule has 0 aliphatic carbocycles. The van der Waals surface area contributed by atoms with E-state index in [-0.39, 0.29) is 18.3 Å². The molecule has 31 heavy (non-hydrogen) atoms. The molecule has 1 N–H and O–H groups in total. The molecule has 9 heteroatoms. The molecule has 0 bridgehead atoms. The largest absolute Gasteiger partial charge is 0.480 e. The predicted molar refractivity (Wildman–Crippen MR) is 119 cm³/mol. The van der Waals surface area contributed by atoms with Crippen LogP contribution in [-0.2, 0) is 11.3 Å². The molecule has 160 valence electrons. The fraction of sp³-hybridized carbons (Fsp3) is 0.227. The van der Waals surface area contributed by atoms with Crippen molar-refractivity contribution in [1.82, 2.24) is 15.3 Å². The number of hydrogen-bond donors (Lipinski definition) is 1. The predicted octanol–water partition coefficient (Wildman–Crippen LogP) is 4.87. The van der Waals surface area contributed by atoms with Crippen molar-refractivity contribution in [2.24, 2.45) is 0 Å². The number of aromatic nitrogens is 2. The number of amides is 1. The summed E-state index contributed by atoms with van der Waals surface area (Å²) in [6.07, 6.45) is 0. The molecule has 4 rings (SSSR count). The van der Waals surface area contributed by atoms with Crippen molar-refractivity contribution in [2.45, 2.75) is 19.6 Å². The number of fused-ring (bicyclic) bond motifs is 1. The molecule has 1 amide bonds. The Labute approximate surface area is 186 Å². The number of aryl methyl sites for hydroxylation is 1. The Hall–Kier alpha value is -2.88. The summed E-state index contributed by atoms with van der Waals surface area (Å²) in [7, 11) is 3.11. The number of carbonyl (C=O) groups excluding carboxylic acids is 1. The van der Waals surface area contributed by atoms with Gasteiger partial charge >= 0.3 is 0 Å². The van der Waals surface area contributed by atoms with Gasteiger partial charge in [-0.05, 0) is 41.6 Å². The van der Waals surface area contributed by atoms with Crippen LogP contribution in [0.2, 0.25) is 0 Å². The van der Waals surface area contributed by atoms with E-state index in [0.717, 1.165) is 16.0 Å². The van der Waals surface area contributed by atoms with Gasteiger partial charge in [-0.2, -0.15) is 4.98 Å². The lowest BCUT2D eigenvalue weighted by molar-refractivity contribution is 0.0947.